The largest absolute Gasteiger partial charge is 0.478 e. The van der Waals surface area contributed by atoms with Crippen LogP contribution in [-0.2, 0) is 19.0 Å². The molecule has 0 aromatic carbocycles. The molecule has 0 aliphatic carbocycles. The minimum absolute atomic E-state index is 0.231. The highest BCUT2D eigenvalue weighted by molar-refractivity contribution is 5.85. The van der Waals surface area contributed by atoms with E-state index < -0.39 is 5.97 Å². The first-order valence-corrected chi connectivity index (χ1v) is 6.21. The fourth-order valence-corrected chi connectivity index (χ4v) is 1.11. The first kappa shape index (κ1) is 17.1. The third-order valence-electron chi connectivity index (χ3n) is 2.10. The predicted octanol–water partition coefficient (Wildman–Crippen LogP) is 1.87. The smallest absolute Gasteiger partial charge is 0.330 e. The van der Waals surface area contributed by atoms with Gasteiger partial charge in [-0.25, -0.2) is 4.79 Å². The van der Waals surface area contributed by atoms with Crippen molar-refractivity contribution in [2.75, 3.05) is 33.0 Å². The van der Waals surface area contributed by atoms with Gasteiger partial charge < -0.3 is 19.3 Å². The molecule has 0 bridgehead atoms. The standard InChI is InChI=1S/C13H24O5/c1-11(2)18-10-9-17-8-7-16-6-4-5-12(3)13(14)15/h5,11H,4,6-10H2,1-3H3,(H,14,15). The maximum absolute atomic E-state index is 10.5. The van der Waals surface area contributed by atoms with Crippen LogP contribution in [0, 0.1) is 0 Å². The Morgan fingerprint density at radius 1 is 1.11 bits per heavy atom. The number of aliphatic carboxylic acids is 1. The van der Waals surface area contributed by atoms with Crippen LogP contribution in [0.3, 0.4) is 0 Å². The average molecular weight is 260 g/mol. The van der Waals surface area contributed by atoms with Crippen LogP contribution in [0.15, 0.2) is 11.6 Å². The molecule has 0 aromatic heterocycles. The molecule has 106 valence electrons. The summed E-state index contributed by atoms with van der Waals surface area (Å²) in [6, 6.07) is 0. The third kappa shape index (κ3) is 11.6. The molecule has 0 heterocycles. The van der Waals surface area contributed by atoms with Gasteiger partial charge in [-0.2, -0.15) is 0 Å². The lowest BCUT2D eigenvalue weighted by Gasteiger charge is -2.08. The van der Waals surface area contributed by atoms with Gasteiger partial charge in [-0.3, -0.25) is 0 Å². The summed E-state index contributed by atoms with van der Waals surface area (Å²) >= 11 is 0. The molecule has 0 aliphatic heterocycles. The lowest BCUT2D eigenvalue weighted by atomic mass is 10.2. The van der Waals surface area contributed by atoms with Crippen LogP contribution in [0.5, 0.6) is 0 Å². The summed E-state index contributed by atoms with van der Waals surface area (Å²) < 4.78 is 15.9. The predicted molar refractivity (Wildman–Crippen MR) is 68.7 cm³/mol. The highest BCUT2D eigenvalue weighted by atomic mass is 16.5. The Bertz CT molecular complexity index is 248. The van der Waals surface area contributed by atoms with E-state index in [-0.39, 0.29) is 6.10 Å². The SMILES string of the molecule is CC(=CCCOCCOCCOC(C)C)C(=O)O. The fraction of sp³-hybridized carbons (Fsp3) is 0.769. The summed E-state index contributed by atoms with van der Waals surface area (Å²) in [5.74, 6) is -0.886. The van der Waals surface area contributed by atoms with Gasteiger partial charge in [0.05, 0.1) is 39.1 Å². The molecule has 1 N–H and O–H groups in total. The van der Waals surface area contributed by atoms with Gasteiger partial charge in [0.1, 0.15) is 0 Å². The van der Waals surface area contributed by atoms with Crippen molar-refractivity contribution < 1.29 is 24.1 Å². The Balaban J connectivity index is 3.22. The van der Waals surface area contributed by atoms with Gasteiger partial charge in [0.15, 0.2) is 0 Å². The number of carboxylic acids is 1. The Morgan fingerprint density at radius 3 is 2.22 bits per heavy atom. The normalized spacial score (nSPS) is 12.1. The summed E-state index contributed by atoms with van der Waals surface area (Å²) in [5, 5.41) is 8.60. The molecule has 18 heavy (non-hydrogen) atoms. The lowest BCUT2D eigenvalue weighted by Crippen LogP contribution is -2.12. The van der Waals surface area contributed by atoms with Crippen LogP contribution in [0.25, 0.3) is 0 Å². The molecule has 0 unspecified atom stereocenters. The second-order valence-electron chi connectivity index (χ2n) is 4.13. The maximum Gasteiger partial charge on any atom is 0.330 e. The minimum atomic E-state index is -0.886. The highest BCUT2D eigenvalue weighted by Gasteiger charge is 1.98. The van der Waals surface area contributed by atoms with E-state index in [0.29, 0.717) is 45.0 Å². The molecular weight excluding hydrogens is 236 g/mol. The van der Waals surface area contributed by atoms with E-state index in [1.807, 2.05) is 13.8 Å². The number of ether oxygens (including phenoxy) is 3. The molecule has 0 radical (unpaired) electrons. The van der Waals surface area contributed by atoms with Crippen molar-refractivity contribution in [3.63, 3.8) is 0 Å². The van der Waals surface area contributed by atoms with Crippen molar-refractivity contribution in [1.29, 1.82) is 0 Å². The van der Waals surface area contributed by atoms with Gasteiger partial charge in [-0.1, -0.05) is 6.08 Å². The van der Waals surface area contributed by atoms with Gasteiger partial charge in [0, 0.05) is 5.57 Å². The molecule has 0 fully saturated rings. The third-order valence-corrected chi connectivity index (χ3v) is 2.10. The van der Waals surface area contributed by atoms with Crippen LogP contribution in [0.2, 0.25) is 0 Å². The summed E-state index contributed by atoms with van der Waals surface area (Å²) in [7, 11) is 0. The molecule has 0 aromatic rings. The van der Waals surface area contributed by atoms with Crippen LogP contribution in [-0.4, -0.2) is 50.2 Å². The molecular formula is C13H24O5. The van der Waals surface area contributed by atoms with Gasteiger partial charge in [-0.15, -0.1) is 0 Å². The zero-order chi connectivity index (χ0) is 13.8. The van der Waals surface area contributed by atoms with E-state index in [1.54, 1.807) is 13.0 Å². The van der Waals surface area contributed by atoms with Crippen LogP contribution < -0.4 is 0 Å². The van der Waals surface area contributed by atoms with Gasteiger partial charge in [0.25, 0.3) is 0 Å². The van der Waals surface area contributed by atoms with Crippen molar-refractivity contribution in [3.8, 4) is 0 Å². The Kier molecular flexibility index (Phi) is 10.6. The van der Waals surface area contributed by atoms with Crippen LogP contribution in [0.4, 0.5) is 0 Å². The van der Waals surface area contributed by atoms with Crippen molar-refractivity contribution in [1.82, 2.24) is 0 Å². The number of rotatable bonds is 11. The number of carbonyl (C=O) groups is 1. The van der Waals surface area contributed by atoms with E-state index in [2.05, 4.69) is 0 Å². The second kappa shape index (κ2) is 11.2. The molecule has 5 nitrogen and oxygen atoms in total. The molecule has 0 spiro atoms. The minimum Gasteiger partial charge on any atom is -0.478 e. The Labute approximate surface area is 109 Å². The molecule has 0 atom stereocenters. The van der Waals surface area contributed by atoms with Gasteiger partial charge >= 0.3 is 5.97 Å². The second-order valence-corrected chi connectivity index (χ2v) is 4.13. The zero-order valence-electron chi connectivity index (χ0n) is 11.5. The van der Waals surface area contributed by atoms with Crippen LogP contribution >= 0.6 is 0 Å². The average Bonchev–Trinajstić information content (AvgIpc) is 2.30. The molecule has 5 heteroatoms. The van der Waals surface area contributed by atoms with Crippen molar-refractivity contribution >= 4 is 5.97 Å². The van der Waals surface area contributed by atoms with E-state index in [9.17, 15) is 4.79 Å². The molecule has 0 amide bonds. The van der Waals surface area contributed by atoms with Gasteiger partial charge in [-0.05, 0) is 27.2 Å². The summed E-state index contributed by atoms with van der Waals surface area (Å²) in [5.41, 5.74) is 0.348. The fourth-order valence-electron chi connectivity index (χ4n) is 1.11. The topological polar surface area (TPSA) is 65.0 Å². The van der Waals surface area contributed by atoms with Crippen molar-refractivity contribution in [2.24, 2.45) is 0 Å². The zero-order valence-corrected chi connectivity index (χ0v) is 11.5. The van der Waals surface area contributed by atoms with E-state index in [1.165, 1.54) is 0 Å². The lowest BCUT2D eigenvalue weighted by molar-refractivity contribution is -0.132. The Morgan fingerprint density at radius 2 is 1.67 bits per heavy atom. The van der Waals surface area contributed by atoms with Gasteiger partial charge in [0.2, 0.25) is 0 Å². The first-order chi connectivity index (χ1) is 8.54. The maximum atomic E-state index is 10.5. The summed E-state index contributed by atoms with van der Waals surface area (Å²) in [6.07, 6.45) is 2.49. The Hall–Kier alpha value is -0.910. The molecule has 0 rings (SSSR count). The number of hydrogen-bond acceptors (Lipinski definition) is 4. The molecule has 0 aliphatic rings. The van der Waals surface area contributed by atoms with E-state index >= 15 is 0 Å². The molecule has 0 saturated carbocycles. The number of carboxylic acid groups (broad SMARTS) is 1. The highest BCUT2D eigenvalue weighted by Crippen LogP contribution is 1.95. The summed E-state index contributed by atoms with van der Waals surface area (Å²) in [6.45, 7) is 8.25. The van der Waals surface area contributed by atoms with Crippen molar-refractivity contribution in [3.05, 3.63) is 11.6 Å². The summed E-state index contributed by atoms with van der Waals surface area (Å²) in [4.78, 5) is 10.5. The number of hydrogen-bond donors (Lipinski definition) is 1. The monoisotopic (exact) mass is 260 g/mol. The van der Waals surface area contributed by atoms with Crippen LogP contribution in [0.1, 0.15) is 27.2 Å². The van der Waals surface area contributed by atoms with Crippen molar-refractivity contribution in [2.45, 2.75) is 33.3 Å². The molecule has 0 saturated heterocycles. The van der Waals surface area contributed by atoms with E-state index in [4.69, 9.17) is 19.3 Å². The quantitative estimate of drug-likeness (QED) is 0.454. The van der Waals surface area contributed by atoms with E-state index in [0.717, 1.165) is 0 Å². The first-order valence-electron chi connectivity index (χ1n) is 6.21.